The fraction of sp³-hybridized carbons (Fsp3) is 0.650. The average molecular weight is 413 g/mol. The Labute approximate surface area is 164 Å². The first kappa shape index (κ1) is 22.3. The predicted octanol–water partition coefficient (Wildman–Crippen LogP) is 4.19. The van der Waals surface area contributed by atoms with Crippen molar-refractivity contribution >= 4 is 23.9 Å². The van der Waals surface area contributed by atoms with Crippen LogP contribution in [0, 0.1) is 5.41 Å². The number of ketones is 1. The second-order valence-electron chi connectivity index (χ2n) is 9.74. The highest BCUT2D eigenvalue weighted by Crippen LogP contribution is 2.50. The van der Waals surface area contributed by atoms with Crippen LogP contribution in [0.2, 0.25) is 18.1 Å². The van der Waals surface area contributed by atoms with Crippen molar-refractivity contribution in [1.82, 2.24) is 0 Å². The Morgan fingerprint density at radius 1 is 1.11 bits per heavy atom. The minimum atomic E-state index is -4.00. The van der Waals surface area contributed by atoms with Crippen LogP contribution in [0.4, 0.5) is 0 Å². The molecule has 0 unspecified atom stereocenters. The Morgan fingerprint density at radius 2 is 1.63 bits per heavy atom. The van der Waals surface area contributed by atoms with E-state index in [1.807, 2.05) is 0 Å². The van der Waals surface area contributed by atoms with Crippen molar-refractivity contribution in [2.24, 2.45) is 5.41 Å². The van der Waals surface area contributed by atoms with Gasteiger partial charge >= 0.3 is 0 Å². The largest absolute Gasteiger partial charge is 0.414 e. The number of carbonyl (C=O) groups excluding carboxylic acids is 1. The third-order valence-corrected chi connectivity index (χ3v) is 12.3. The summed E-state index contributed by atoms with van der Waals surface area (Å²) in [6.45, 7) is 15.8. The molecule has 1 heterocycles. The number of hydrogen-bond donors (Lipinski definition) is 0. The molecule has 0 aliphatic carbocycles. The van der Waals surface area contributed by atoms with E-state index in [4.69, 9.17) is 9.16 Å². The Balaban J connectivity index is 2.38. The van der Waals surface area contributed by atoms with E-state index in [1.54, 1.807) is 39.0 Å². The third-order valence-electron chi connectivity index (χ3n) is 5.54. The van der Waals surface area contributed by atoms with Gasteiger partial charge in [0.2, 0.25) is 9.84 Å². The monoisotopic (exact) mass is 412 g/mol. The van der Waals surface area contributed by atoms with Gasteiger partial charge in [-0.1, -0.05) is 59.7 Å². The van der Waals surface area contributed by atoms with Crippen LogP contribution >= 0.6 is 0 Å². The predicted molar refractivity (Wildman–Crippen MR) is 109 cm³/mol. The number of hydrogen-bond acceptors (Lipinski definition) is 5. The van der Waals surface area contributed by atoms with Gasteiger partial charge in [0.25, 0.3) is 4.93 Å². The Bertz CT molecular complexity index is 803. The number of ether oxygens (including phenoxy) is 1. The molecule has 1 fully saturated rings. The first-order valence-electron chi connectivity index (χ1n) is 9.24. The zero-order valence-corrected chi connectivity index (χ0v) is 19.4. The average Bonchev–Trinajstić information content (AvgIpc) is 3.27. The van der Waals surface area contributed by atoms with E-state index >= 15 is 0 Å². The molecule has 1 aromatic rings. The fourth-order valence-electron chi connectivity index (χ4n) is 2.68. The highest BCUT2D eigenvalue weighted by atomic mass is 32.2. The molecule has 152 valence electrons. The number of Topliss-reactive ketones (excluding diaryl/α,β-unsaturated/α-hetero) is 1. The van der Waals surface area contributed by atoms with E-state index in [0.717, 1.165) is 0 Å². The lowest BCUT2D eigenvalue weighted by Crippen LogP contribution is -2.46. The van der Waals surface area contributed by atoms with E-state index in [2.05, 4.69) is 33.9 Å². The van der Waals surface area contributed by atoms with Crippen molar-refractivity contribution < 1.29 is 22.4 Å². The molecular formula is C20H32O5SSi. The maximum atomic E-state index is 13.3. The lowest BCUT2D eigenvalue weighted by molar-refractivity contribution is -0.128. The molecule has 7 heteroatoms. The molecule has 1 aromatic carbocycles. The van der Waals surface area contributed by atoms with E-state index in [-0.39, 0.29) is 16.5 Å². The highest BCUT2D eigenvalue weighted by Gasteiger charge is 2.73. The summed E-state index contributed by atoms with van der Waals surface area (Å²) in [4.78, 5) is 11.4. The zero-order chi connectivity index (χ0) is 20.9. The van der Waals surface area contributed by atoms with Gasteiger partial charge in [-0.25, -0.2) is 8.42 Å². The standard InChI is InChI=1S/C20H32O5SSi/c1-18(2,3)17(21)20(26(22,23)15-12-10-9-11-13-15)16(25-20)14-24-27(7,8)19(4,5)6/h9-13,16H,14H2,1-8H3/t16-,20+/m1/s1. The topological polar surface area (TPSA) is 73.0 Å². The van der Waals surface area contributed by atoms with Gasteiger partial charge in [0, 0.05) is 5.41 Å². The van der Waals surface area contributed by atoms with Crippen LogP contribution in [0.25, 0.3) is 0 Å². The van der Waals surface area contributed by atoms with Crippen LogP contribution in [0.15, 0.2) is 35.2 Å². The minimum absolute atomic E-state index is 0.0170. The summed E-state index contributed by atoms with van der Waals surface area (Å²) >= 11 is 0. The zero-order valence-electron chi connectivity index (χ0n) is 17.6. The molecule has 0 N–H and O–H groups in total. The van der Waals surface area contributed by atoms with Crippen molar-refractivity contribution in [1.29, 1.82) is 0 Å². The van der Waals surface area contributed by atoms with Gasteiger partial charge < -0.3 is 9.16 Å². The number of rotatable bonds is 6. The SMILES string of the molecule is CC(C)(C)C(=O)[C@]1(S(=O)(=O)c2ccccc2)O[C@@H]1CO[Si](C)(C)C(C)(C)C. The fourth-order valence-corrected chi connectivity index (χ4v) is 5.75. The Hall–Kier alpha value is -1.02. The maximum absolute atomic E-state index is 13.3. The van der Waals surface area contributed by atoms with Crippen LogP contribution in [0.5, 0.6) is 0 Å². The molecule has 0 spiro atoms. The van der Waals surface area contributed by atoms with Gasteiger partial charge in [-0.05, 0) is 30.3 Å². The molecule has 1 saturated heterocycles. The molecule has 5 nitrogen and oxygen atoms in total. The van der Waals surface area contributed by atoms with Gasteiger partial charge in [-0.2, -0.15) is 0 Å². The third kappa shape index (κ3) is 3.92. The lowest BCUT2D eigenvalue weighted by Gasteiger charge is -2.36. The van der Waals surface area contributed by atoms with E-state index in [1.165, 1.54) is 12.1 Å². The second-order valence-corrected chi connectivity index (χ2v) is 16.6. The number of carbonyl (C=O) groups is 1. The number of benzene rings is 1. The van der Waals surface area contributed by atoms with Crippen molar-refractivity contribution in [3.8, 4) is 0 Å². The van der Waals surface area contributed by atoms with Crippen molar-refractivity contribution in [3.05, 3.63) is 30.3 Å². The normalized spacial score (nSPS) is 23.9. The summed E-state index contributed by atoms with van der Waals surface area (Å²) in [6, 6.07) is 8.03. The molecule has 2 atom stereocenters. The molecule has 1 aliphatic rings. The van der Waals surface area contributed by atoms with Crippen molar-refractivity contribution in [2.75, 3.05) is 6.61 Å². The van der Waals surface area contributed by atoms with Gasteiger partial charge in [0.1, 0.15) is 6.10 Å². The number of epoxide rings is 1. The van der Waals surface area contributed by atoms with Gasteiger partial charge in [-0.15, -0.1) is 0 Å². The molecule has 0 saturated carbocycles. The molecule has 0 amide bonds. The quantitative estimate of drug-likeness (QED) is 0.517. The van der Waals surface area contributed by atoms with Crippen LogP contribution in [0.3, 0.4) is 0 Å². The number of sulfone groups is 1. The molecule has 27 heavy (non-hydrogen) atoms. The smallest absolute Gasteiger partial charge is 0.261 e. The Morgan fingerprint density at radius 3 is 2.07 bits per heavy atom. The van der Waals surface area contributed by atoms with E-state index in [9.17, 15) is 13.2 Å². The first-order chi connectivity index (χ1) is 12.1. The van der Waals surface area contributed by atoms with Crippen LogP contribution in [-0.2, 0) is 23.8 Å². The van der Waals surface area contributed by atoms with Gasteiger partial charge in [0.15, 0.2) is 14.1 Å². The summed E-state index contributed by atoms with van der Waals surface area (Å²) in [5, 5.41) is -0.0170. The van der Waals surface area contributed by atoms with Gasteiger partial charge in [0.05, 0.1) is 11.5 Å². The van der Waals surface area contributed by atoms with Crippen LogP contribution in [0.1, 0.15) is 41.5 Å². The molecule has 0 aromatic heterocycles. The lowest BCUT2D eigenvalue weighted by atomic mass is 9.88. The second kappa shape index (κ2) is 6.79. The summed E-state index contributed by atoms with van der Waals surface area (Å²) in [5.74, 6) is -0.428. The summed E-state index contributed by atoms with van der Waals surface area (Å²) in [5.41, 5.74) is -0.854. The van der Waals surface area contributed by atoms with Crippen LogP contribution < -0.4 is 0 Å². The maximum Gasteiger partial charge on any atom is 0.261 e. The van der Waals surface area contributed by atoms with Crippen LogP contribution in [-0.4, -0.2) is 40.2 Å². The minimum Gasteiger partial charge on any atom is -0.414 e. The summed E-state index contributed by atoms with van der Waals surface area (Å²) in [6.07, 6.45) is -0.788. The van der Waals surface area contributed by atoms with Crippen molar-refractivity contribution in [3.63, 3.8) is 0 Å². The first-order valence-corrected chi connectivity index (χ1v) is 13.6. The Kier molecular flexibility index (Phi) is 5.60. The summed E-state index contributed by atoms with van der Waals surface area (Å²) < 4.78 is 38.5. The van der Waals surface area contributed by atoms with E-state index < -0.39 is 40.4 Å². The molecule has 0 radical (unpaired) electrons. The molecular weight excluding hydrogens is 380 g/mol. The highest BCUT2D eigenvalue weighted by molar-refractivity contribution is 7.93. The summed E-state index contributed by atoms with van der Waals surface area (Å²) in [7, 11) is -6.09. The van der Waals surface area contributed by atoms with Gasteiger partial charge in [-0.3, -0.25) is 4.79 Å². The molecule has 2 rings (SSSR count). The molecule has 0 bridgehead atoms. The van der Waals surface area contributed by atoms with E-state index in [0.29, 0.717) is 0 Å². The molecule has 1 aliphatic heterocycles. The van der Waals surface area contributed by atoms with Crippen molar-refractivity contribution in [2.45, 2.75) is 75.6 Å².